The molecule has 1 aliphatic heterocycles. The number of carbonyl (C=O) groups is 1. The summed E-state index contributed by atoms with van der Waals surface area (Å²) in [6.45, 7) is 10.4. The largest absolute Gasteiger partial charge is 0.445 e. The van der Waals surface area contributed by atoms with Gasteiger partial charge in [-0.05, 0) is 11.0 Å². The summed E-state index contributed by atoms with van der Waals surface area (Å²) in [5, 5.41) is 0. The fourth-order valence-electron chi connectivity index (χ4n) is 3.32. The minimum atomic E-state index is -0.229. The minimum Gasteiger partial charge on any atom is -0.445 e. The normalized spacial score (nSPS) is 17.0. The highest BCUT2D eigenvalue weighted by atomic mass is 16.6. The number of hydrogen-bond donors (Lipinski definition) is 1. The molecule has 1 N–H and O–H groups in total. The van der Waals surface area contributed by atoms with E-state index in [2.05, 4.69) is 20.8 Å². The molecule has 1 amide bonds. The van der Waals surface area contributed by atoms with Crippen molar-refractivity contribution >= 4 is 6.09 Å². The first-order valence-electron chi connectivity index (χ1n) is 8.65. The molecular formula is C19H31N2O2+. The van der Waals surface area contributed by atoms with Gasteiger partial charge in [-0.15, -0.1) is 0 Å². The van der Waals surface area contributed by atoms with Crippen LogP contribution >= 0.6 is 0 Å². The molecule has 0 spiro atoms. The Hall–Kier alpha value is -1.55. The van der Waals surface area contributed by atoms with Crippen LogP contribution in [0.25, 0.3) is 0 Å². The van der Waals surface area contributed by atoms with Crippen LogP contribution in [0.5, 0.6) is 0 Å². The summed E-state index contributed by atoms with van der Waals surface area (Å²) < 4.78 is 5.51. The van der Waals surface area contributed by atoms with Gasteiger partial charge in [0, 0.05) is 19.9 Å². The van der Waals surface area contributed by atoms with Crippen LogP contribution in [0.1, 0.15) is 39.2 Å². The SMILES string of the molecule is CN(C(=O)OCc1ccccc1)[C@H](C[NH+]1CCCC1)C(C)(C)C. The molecule has 1 heterocycles. The van der Waals surface area contributed by atoms with E-state index in [1.54, 1.807) is 9.80 Å². The zero-order valence-corrected chi connectivity index (χ0v) is 15.0. The van der Waals surface area contributed by atoms with Crippen molar-refractivity contribution in [3.05, 3.63) is 35.9 Å². The summed E-state index contributed by atoms with van der Waals surface area (Å²) in [4.78, 5) is 15.9. The van der Waals surface area contributed by atoms with E-state index in [0.717, 1.165) is 12.1 Å². The molecule has 2 rings (SSSR count). The van der Waals surface area contributed by atoms with Gasteiger partial charge in [0.2, 0.25) is 0 Å². The van der Waals surface area contributed by atoms with Gasteiger partial charge in [-0.1, -0.05) is 51.1 Å². The topological polar surface area (TPSA) is 34.0 Å². The van der Waals surface area contributed by atoms with Gasteiger partial charge in [-0.2, -0.15) is 0 Å². The number of likely N-dealkylation sites (tertiary alicyclic amines) is 1. The number of hydrogen-bond acceptors (Lipinski definition) is 2. The quantitative estimate of drug-likeness (QED) is 0.904. The summed E-state index contributed by atoms with van der Waals surface area (Å²) in [7, 11) is 1.87. The number of ether oxygens (including phenoxy) is 1. The maximum absolute atomic E-state index is 12.5. The van der Waals surface area contributed by atoms with Crippen molar-refractivity contribution in [2.75, 3.05) is 26.7 Å². The maximum atomic E-state index is 12.5. The molecule has 4 heteroatoms. The molecule has 0 radical (unpaired) electrons. The van der Waals surface area contributed by atoms with E-state index in [-0.39, 0.29) is 17.6 Å². The van der Waals surface area contributed by atoms with Crippen LogP contribution in [0.3, 0.4) is 0 Å². The number of benzene rings is 1. The molecule has 1 aromatic carbocycles. The molecule has 0 unspecified atom stereocenters. The Kier molecular flexibility index (Phi) is 6.05. The number of nitrogens with one attached hydrogen (secondary N) is 1. The van der Waals surface area contributed by atoms with Crippen molar-refractivity contribution in [2.45, 2.75) is 46.3 Å². The van der Waals surface area contributed by atoms with Crippen LogP contribution in [0.2, 0.25) is 0 Å². The minimum absolute atomic E-state index is 0.0378. The van der Waals surface area contributed by atoms with Crippen molar-refractivity contribution in [1.82, 2.24) is 4.90 Å². The average molecular weight is 319 g/mol. The number of nitrogens with zero attached hydrogens (tertiary/aromatic N) is 1. The third-order valence-corrected chi connectivity index (χ3v) is 4.75. The van der Waals surface area contributed by atoms with Crippen LogP contribution < -0.4 is 4.90 Å². The lowest BCUT2D eigenvalue weighted by Crippen LogP contribution is -3.11. The van der Waals surface area contributed by atoms with Gasteiger partial charge in [-0.3, -0.25) is 0 Å². The van der Waals surface area contributed by atoms with Crippen LogP contribution in [-0.4, -0.2) is 43.7 Å². The van der Waals surface area contributed by atoms with Crippen LogP contribution in [0, 0.1) is 5.41 Å². The lowest BCUT2D eigenvalue weighted by Gasteiger charge is -2.38. The second-order valence-corrected chi connectivity index (χ2v) is 7.69. The predicted molar refractivity (Wildman–Crippen MR) is 92.4 cm³/mol. The van der Waals surface area contributed by atoms with Crippen LogP contribution in [0.15, 0.2) is 30.3 Å². The third-order valence-electron chi connectivity index (χ3n) is 4.75. The first-order chi connectivity index (χ1) is 10.9. The number of likely N-dealkylation sites (N-methyl/N-ethyl adjacent to an activating group) is 1. The monoisotopic (exact) mass is 319 g/mol. The van der Waals surface area contributed by atoms with Gasteiger partial charge in [0.25, 0.3) is 0 Å². The highest BCUT2D eigenvalue weighted by Crippen LogP contribution is 2.23. The summed E-state index contributed by atoms with van der Waals surface area (Å²) in [6, 6.07) is 10.0. The summed E-state index contributed by atoms with van der Waals surface area (Å²) in [5.74, 6) is 0. The number of rotatable bonds is 5. The second kappa shape index (κ2) is 7.82. The van der Waals surface area contributed by atoms with Crippen LogP contribution in [-0.2, 0) is 11.3 Å². The Bertz CT molecular complexity index is 490. The van der Waals surface area contributed by atoms with Gasteiger partial charge in [0.15, 0.2) is 0 Å². The maximum Gasteiger partial charge on any atom is 0.410 e. The number of amides is 1. The van der Waals surface area contributed by atoms with Crippen molar-refractivity contribution in [3.8, 4) is 0 Å². The molecule has 0 bridgehead atoms. The molecule has 0 aliphatic carbocycles. The van der Waals surface area contributed by atoms with Gasteiger partial charge in [0.05, 0.1) is 25.7 Å². The fourth-order valence-corrected chi connectivity index (χ4v) is 3.32. The lowest BCUT2D eigenvalue weighted by molar-refractivity contribution is -0.890. The smallest absolute Gasteiger partial charge is 0.410 e. The zero-order valence-electron chi connectivity index (χ0n) is 15.0. The van der Waals surface area contributed by atoms with Crippen molar-refractivity contribution in [1.29, 1.82) is 0 Å². The highest BCUT2D eigenvalue weighted by Gasteiger charge is 2.36. The highest BCUT2D eigenvalue weighted by molar-refractivity contribution is 5.67. The molecule has 0 aromatic heterocycles. The van der Waals surface area contributed by atoms with Gasteiger partial charge >= 0.3 is 6.09 Å². The van der Waals surface area contributed by atoms with E-state index in [1.165, 1.54) is 25.9 Å². The fraction of sp³-hybridized carbons (Fsp3) is 0.632. The molecule has 0 saturated carbocycles. The first-order valence-corrected chi connectivity index (χ1v) is 8.65. The van der Waals surface area contributed by atoms with E-state index in [4.69, 9.17) is 4.74 Å². The van der Waals surface area contributed by atoms with Crippen molar-refractivity contribution < 1.29 is 14.4 Å². The summed E-state index contributed by atoms with van der Waals surface area (Å²) in [5.41, 5.74) is 1.06. The predicted octanol–water partition coefficient (Wildman–Crippen LogP) is 2.35. The zero-order chi connectivity index (χ0) is 16.9. The first kappa shape index (κ1) is 17.8. The second-order valence-electron chi connectivity index (χ2n) is 7.69. The lowest BCUT2D eigenvalue weighted by atomic mass is 9.85. The molecular weight excluding hydrogens is 288 g/mol. The Morgan fingerprint density at radius 2 is 1.83 bits per heavy atom. The van der Waals surface area contributed by atoms with Crippen LogP contribution in [0.4, 0.5) is 4.79 Å². The van der Waals surface area contributed by atoms with E-state index in [9.17, 15) is 4.79 Å². The van der Waals surface area contributed by atoms with Crippen molar-refractivity contribution in [2.24, 2.45) is 5.41 Å². The van der Waals surface area contributed by atoms with Gasteiger partial charge in [-0.25, -0.2) is 4.79 Å². The van der Waals surface area contributed by atoms with Gasteiger partial charge in [0.1, 0.15) is 6.61 Å². The van der Waals surface area contributed by atoms with Crippen molar-refractivity contribution in [3.63, 3.8) is 0 Å². The number of carbonyl (C=O) groups excluding carboxylic acids is 1. The van der Waals surface area contributed by atoms with E-state index >= 15 is 0 Å². The molecule has 128 valence electrons. The standard InChI is InChI=1S/C19H30N2O2/c1-19(2,3)17(14-21-12-8-9-13-21)20(4)18(22)23-15-16-10-6-5-7-11-16/h5-7,10-11,17H,8-9,12-15H2,1-4H3/p+1/t17-/m1/s1. The van der Waals surface area contributed by atoms with E-state index < -0.39 is 0 Å². The van der Waals surface area contributed by atoms with Gasteiger partial charge < -0.3 is 14.5 Å². The molecule has 1 aromatic rings. The Labute approximate surface area is 140 Å². The Morgan fingerprint density at radius 1 is 1.22 bits per heavy atom. The molecule has 4 nitrogen and oxygen atoms in total. The van der Waals surface area contributed by atoms with E-state index in [0.29, 0.717) is 6.61 Å². The molecule has 1 fully saturated rings. The Balaban J connectivity index is 1.95. The molecule has 1 saturated heterocycles. The summed E-state index contributed by atoms with van der Waals surface area (Å²) in [6.07, 6.45) is 2.37. The third kappa shape index (κ3) is 5.24. The number of quaternary nitrogens is 1. The molecule has 23 heavy (non-hydrogen) atoms. The Morgan fingerprint density at radius 3 is 2.39 bits per heavy atom. The molecule has 1 aliphatic rings. The summed E-state index contributed by atoms with van der Waals surface area (Å²) >= 11 is 0. The average Bonchev–Trinajstić information content (AvgIpc) is 3.02. The molecule has 1 atom stereocenters. The van der Waals surface area contributed by atoms with E-state index in [1.807, 2.05) is 37.4 Å².